The molecule has 0 bridgehead atoms. The van der Waals surface area contributed by atoms with E-state index in [0.29, 0.717) is 0 Å². The van der Waals surface area contributed by atoms with Crippen LogP contribution in [0.5, 0.6) is 0 Å². The van der Waals surface area contributed by atoms with Crippen LogP contribution in [0.3, 0.4) is 0 Å². The van der Waals surface area contributed by atoms with Crippen LogP contribution in [0.15, 0.2) is 35.4 Å². The summed E-state index contributed by atoms with van der Waals surface area (Å²) in [5.41, 5.74) is 5.69. The smallest absolute Gasteiger partial charge is 0.0386 e. The third-order valence-corrected chi connectivity index (χ3v) is 3.20. The summed E-state index contributed by atoms with van der Waals surface area (Å²) in [5.74, 6) is 0. The van der Waals surface area contributed by atoms with Gasteiger partial charge in [0.2, 0.25) is 0 Å². The molecule has 2 nitrogen and oxygen atoms in total. The number of hydrogen-bond acceptors (Lipinski definition) is 2. The van der Waals surface area contributed by atoms with Gasteiger partial charge < -0.3 is 10.2 Å². The Bertz CT molecular complexity index is 401. The fourth-order valence-corrected chi connectivity index (χ4v) is 1.98. The first-order valence-electron chi connectivity index (χ1n) is 5.83. The summed E-state index contributed by atoms with van der Waals surface area (Å²) in [6.45, 7) is 7.56. The number of benzene rings is 1. The Morgan fingerprint density at radius 1 is 1.38 bits per heavy atom. The normalized spacial score (nSPS) is 14.6. The molecule has 1 aromatic carbocycles. The molecule has 2 rings (SSSR count). The van der Waals surface area contributed by atoms with Crippen molar-refractivity contribution >= 4 is 5.69 Å². The van der Waals surface area contributed by atoms with Crippen LogP contribution >= 0.6 is 0 Å². The standard InChI is InChI=1S/C14H20N2/c1-11-5-4-6-14(7-11)16(3)10-12(2)13-8-15-9-13/h4-7,15H,8-10H2,1-3H3. The lowest BCUT2D eigenvalue weighted by molar-refractivity contribution is 0.653. The Morgan fingerprint density at radius 3 is 2.69 bits per heavy atom. The van der Waals surface area contributed by atoms with Gasteiger partial charge in [-0.05, 0) is 37.1 Å². The highest BCUT2D eigenvalue weighted by molar-refractivity contribution is 5.49. The van der Waals surface area contributed by atoms with Gasteiger partial charge in [0.25, 0.3) is 0 Å². The van der Waals surface area contributed by atoms with Crippen molar-refractivity contribution in [2.45, 2.75) is 13.8 Å². The molecule has 1 N–H and O–H groups in total. The lowest BCUT2D eigenvalue weighted by atomic mass is 10.0. The van der Waals surface area contributed by atoms with Gasteiger partial charge in [-0.2, -0.15) is 0 Å². The van der Waals surface area contributed by atoms with Gasteiger partial charge in [0, 0.05) is 32.4 Å². The van der Waals surface area contributed by atoms with Gasteiger partial charge in [0.15, 0.2) is 0 Å². The van der Waals surface area contributed by atoms with Gasteiger partial charge in [-0.3, -0.25) is 0 Å². The maximum Gasteiger partial charge on any atom is 0.0386 e. The number of nitrogens with one attached hydrogen (secondary N) is 1. The van der Waals surface area contributed by atoms with Crippen molar-refractivity contribution in [2.75, 3.05) is 31.6 Å². The van der Waals surface area contributed by atoms with E-state index in [9.17, 15) is 0 Å². The van der Waals surface area contributed by atoms with E-state index in [-0.39, 0.29) is 0 Å². The van der Waals surface area contributed by atoms with Gasteiger partial charge in [0.05, 0.1) is 0 Å². The van der Waals surface area contributed by atoms with Crippen molar-refractivity contribution in [1.82, 2.24) is 5.32 Å². The molecular formula is C14H20N2. The zero-order valence-electron chi connectivity index (χ0n) is 10.4. The highest BCUT2D eigenvalue weighted by atomic mass is 15.1. The Hall–Kier alpha value is -1.28. The summed E-state index contributed by atoms with van der Waals surface area (Å²) in [6, 6.07) is 8.66. The van der Waals surface area contributed by atoms with Gasteiger partial charge in [-0.15, -0.1) is 0 Å². The first-order chi connectivity index (χ1) is 7.66. The number of aryl methyl sites for hydroxylation is 1. The molecule has 0 aromatic heterocycles. The predicted molar refractivity (Wildman–Crippen MR) is 70.0 cm³/mol. The molecule has 0 saturated carbocycles. The summed E-state index contributed by atoms with van der Waals surface area (Å²) >= 11 is 0. The average molecular weight is 216 g/mol. The highest BCUT2D eigenvalue weighted by Crippen LogP contribution is 2.17. The first kappa shape index (κ1) is 11.2. The van der Waals surface area contributed by atoms with Crippen LogP contribution in [-0.4, -0.2) is 26.7 Å². The van der Waals surface area contributed by atoms with Crippen molar-refractivity contribution in [3.05, 3.63) is 41.0 Å². The van der Waals surface area contributed by atoms with Crippen LogP contribution in [-0.2, 0) is 0 Å². The summed E-state index contributed by atoms with van der Waals surface area (Å²) in [5, 5.41) is 3.29. The molecule has 16 heavy (non-hydrogen) atoms. The van der Waals surface area contributed by atoms with Crippen LogP contribution in [0.1, 0.15) is 12.5 Å². The molecule has 2 heteroatoms. The lowest BCUT2D eigenvalue weighted by Gasteiger charge is -2.26. The van der Waals surface area contributed by atoms with Gasteiger partial charge in [-0.25, -0.2) is 0 Å². The second-order valence-electron chi connectivity index (χ2n) is 4.68. The maximum absolute atomic E-state index is 3.29. The highest BCUT2D eigenvalue weighted by Gasteiger charge is 2.12. The number of likely N-dealkylation sites (N-methyl/N-ethyl adjacent to an activating group) is 1. The number of hydrogen-bond donors (Lipinski definition) is 1. The molecule has 0 spiro atoms. The fraction of sp³-hybridized carbons (Fsp3) is 0.429. The van der Waals surface area contributed by atoms with E-state index in [2.05, 4.69) is 55.4 Å². The predicted octanol–water partition coefficient (Wildman–Crippen LogP) is 2.35. The molecule has 1 fully saturated rings. The van der Waals surface area contributed by atoms with Gasteiger partial charge >= 0.3 is 0 Å². The van der Waals surface area contributed by atoms with E-state index in [0.717, 1.165) is 19.6 Å². The average Bonchev–Trinajstić information content (AvgIpc) is 2.14. The molecule has 1 aliphatic rings. The first-order valence-corrected chi connectivity index (χ1v) is 5.83. The molecule has 0 aliphatic carbocycles. The van der Waals surface area contributed by atoms with Crippen LogP contribution < -0.4 is 10.2 Å². The maximum atomic E-state index is 3.29. The van der Waals surface area contributed by atoms with Crippen LogP contribution in [0.4, 0.5) is 5.69 Å². The fourth-order valence-electron chi connectivity index (χ4n) is 1.98. The molecular weight excluding hydrogens is 196 g/mol. The minimum Gasteiger partial charge on any atom is -0.371 e. The molecule has 0 unspecified atom stereocenters. The topological polar surface area (TPSA) is 15.3 Å². The Labute approximate surface area is 98.0 Å². The second-order valence-corrected chi connectivity index (χ2v) is 4.68. The van der Waals surface area contributed by atoms with E-state index in [1.165, 1.54) is 16.8 Å². The zero-order chi connectivity index (χ0) is 11.5. The monoisotopic (exact) mass is 216 g/mol. The third kappa shape index (κ3) is 2.45. The summed E-state index contributed by atoms with van der Waals surface area (Å²) in [7, 11) is 2.16. The van der Waals surface area contributed by atoms with E-state index < -0.39 is 0 Å². The number of anilines is 1. The minimum absolute atomic E-state index is 1.03. The molecule has 1 saturated heterocycles. The van der Waals surface area contributed by atoms with E-state index in [1.54, 1.807) is 5.57 Å². The van der Waals surface area contributed by atoms with E-state index in [4.69, 9.17) is 0 Å². The van der Waals surface area contributed by atoms with Crippen LogP contribution in [0.2, 0.25) is 0 Å². The summed E-state index contributed by atoms with van der Waals surface area (Å²) < 4.78 is 0. The second kappa shape index (κ2) is 4.71. The lowest BCUT2D eigenvalue weighted by Crippen LogP contribution is -2.36. The van der Waals surface area contributed by atoms with Crippen LogP contribution in [0, 0.1) is 6.92 Å². The summed E-state index contributed by atoms with van der Waals surface area (Å²) in [4.78, 5) is 2.31. The molecule has 1 heterocycles. The number of nitrogens with zero attached hydrogens (tertiary/aromatic N) is 1. The van der Waals surface area contributed by atoms with E-state index in [1.807, 2.05) is 0 Å². The minimum atomic E-state index is 1.03. The van der Waals surface area contributed by atoms with Crippen molar-refractivity contribution < 1.29 is 0 Å². The van der Waals surface area contributed by atoms with Crippen molar-refractivity contribution in [2.24, 2.45) is 0 Å². The molecule has 1 aromatic rings. The van der Waals surface area contributed by atoms with Crippen molar-refractivity contribution in [1.29, 1.82) is 0 Å². The molecule has 0 atom stereocenters. The zero-order valence-corrected chi connectivity index (χ0v) is 10.4. The third-order valence-electron chi connectivity index (χ3n) is 3.20. The molecule has 0 amide bonds. The van der Waals surface area contributed by atoms with E-state index >= 15 is 0 Å². The Kier molecular flexibility index (Phi) is 3.30. The molecule has 86 valence electrons. The molecule has 1 aliphatic heterocycles. The Balaban J connectivity index is 2.05. The van der Waals surface area contributed by atoms with Crippen LogP contribution in [0.25, 0.3) is 0 Å². The number of rotatable bonds is 3. The molecule has 0 radical (unpaired) electrons. The summed E-state index contributed by atoms with van der Waals surface area (Å²) in [6.07, 6.45) is 0. The Morgan fingerprint density at radius 2 is 2.12 bits per heavy atom. The van der Waals surface area contributed by atoms with Gasteiger partial charge in [-0.1, -0.05) is 17.7 Å². The largest absolute Gasteiger partial charge is 0.371 e. The quantitative estimate of drug-likeness (QED) is 0.780. The van der Waals surface area contributed by atoms with Crippen molar-refractivity contribution in [3.63, 3.8) is 0 Å². The van der Waals surface area contributed by atoms with Gasteiger partial charge in [0.1, 0.15) is 0 Å². The SMILES string of the molecule is CC(CN(C)c1cccc(C)c1)=C1CNC1. The van der Waals surface area contributed by atoms with Crippen molar-refractivity contribution in [3.8, 4) is 0 Å².